The number of nitrogens with one attached hydrogen (secondary N) is 2. The summed E-state index contributed by atoms with van der Waals surface area (Å²) in [7, 11) is 1.58. The number of ether oxygens (including phenoxy) is 1. The molecule has 3 N–H and O–H groups in total. The van der Waals surface area contributed by atoms with Crippen molar-refractivity contribution in [3.05, 3.63) is 36.5 Å². The number of rotatable bonds is 5. The van der Waals surface area contributed by atoms with Crippen molar-refractivity contribution in [1.29, 1.82) is 0 Å². The molecule has 136 valence electrons. The van der Waals surface area contributed by atoms with Gasteiger partial charge in [-0.3, -0.25) is 0 Å². The van der Waals surface area contributed by atoms with E-state index in [-0.39, 0.29) is 6.10 Å². The summed E-state index contributed by atoms with van der Waals surface area (Å²) in [6, 6.07) is 9.84. The van der Waals surface area contributed by atoms with Crippen LogP contribution >= 0.6 is 0 Å². The molecule has 3 heterocycles. The second kappa shape index (κ2) is 7.17. The minimum atomic E-state index is -0.164. The van der Waals surface area contributed by atoms with Gasteiger partial charge in [0.25, 0.3) is 0 Å². The van der Waals surface area contributed by atoms with Crippen LogP contribution in [-0.4, -0.2) is 43.9 Å². The zero-order valence-corrected chi connectivity index (χ0v) is 14.6. The predicted octanol–water partition coefficient (Wildman–Crippen LogP) is 2.59. The first-order valence-electron chi connectivity index (χ1n) is 8.79. The smallest absolute Gasteiger partial charge is 0.247 e. The summed E-state index contributed by atoms with van der Waals surface area (Å²) < 4.78 is 6.94. The molecule has 1 aliphatic carbocycles. The Bertz CT molecular complexity index is 888. The van der Waals surface area contributed by atoms with Crippen molar-refractivity contribution in [1.82, 2.24) is 19.6 Å². The molecule has 8 nitrogen and oxygen atoms in total. The van der Waals surface area contributed by atoms with E-state index in [1.807, 2.05) is 24.3 Å². The fourth-order valence-corrected chi connectivity index (χ4v) is 3.22. The van der Waals surface area contributed by atoms with Crippen LogP contribution in [0, 0.1) is 0 Å². The third-order valence-corrected chi connectivity index (χ3v) is 4.61. The first-order valence-corrected chi connectivity index (χ1v) is 8.79. The van der Waals surface area contributed by atoms with E-state index >= 15 is 0 Å². The topological polar surface area (TPSA) is 96.6 Å². The summed E-state index contributed by atoms with van der Waals surface area (Å²) in [6.45, 7) is 0. The highest BCUT2D eigenvalue weighted by Gasteiger charge is 2.20. The third kappa shape index (κ3) is 3.55. The van der Waals surface area contributed by atoms with Crippen LogP contribution in [0.3, 0.4) is 0 Å². The highest BCUT2D eigenvalue weighted by Crippen LogP contribution is 2.23. The van der Waals surface area contributed by atoms with Crippen molar-refractivity contribution in [3.8, 4) is 5.88 Å². The van der Waals surface area contributed by atoms with Crippen LogP contribution in [0.1, 0.15) is 25.7 Å². The van der Waals surface area contributed by atoms with Gasteiger partial charge < -0.3 is 20.5 Å². The normalized spacial score (nSPS) is 20.1. The van der Waals surface area contributed by atoms with Crippen molar-refractivity contribution in [2.24, 2.45) is 0 Å². The van der Waals surface area contributed by atoms with Crippen molar-refractivity contribution in [2.75, 3.05) is 17.7 Å². The van der Waals surface area contributed by atoms with Crippen LogP contribution in [0.2, 0.25) is 0 Å². The lowest BCUT2D eigenvalue weighted by atomic mass is 9.93. The molecule has 0 bridgehead atoms. The minimum absolute atomic E-state index is 0.164. The molecule has 4 rings (SSSR count). The minimum Gasteiger partial charge on any atom is -0.481 e. The van der Waals surface area contributed by atoms with Crippen molar-refractivity contribution in [3.63, 3.8) is 0 Å². The molecule has 26 heavy (non-hydrogen) atoms. The van der Waals surface area contributed by atoms with E-state index in [0.29, 0.717) is 17.9 Å². The largest absolute Gasteiger partial charge is 0.481 e. The van der Waals surface area contributed by atoms with Gasteiger partial charge in [0.1, 0.15) is 5.82 Å². The second-order valence-electron chi connectivity index (χ2n) is 6.48. The molecule has 0 aromatic carbocycles. The van der Waals surface area contributed by atoms with E-state index in [9.17, 15) is 5.11 Å². The Morgan fingerprint density at radius 1 is 1.19 bits per heavy atom. The Labute approximate surface area is 151 Å². The molecule has 3 aromatic rings. The maximum Gasteiger partial charge on any atom is 0.247 e. The number of aliphatic hydroxyl groups excluding tert-OH is 1. The number of pyridine rings is 2. The van der Waals surface area contributed by atoms with Crippen LogP contribution in [-0.2, 0) is 0 Å². The van der Waals surface area contributed by atoms with E-state index in [2.05, 4.69) is 25.7 Å². The van der Waals surface area contributed by atoms with Crippen LogP contribution in [0.4, 0.5) is 17.5 Å². The summed E-state index contributed by atoms with van der Waals surface area (Å²) in [5, 5.41) is 20.9. The predicted molar refractivity (Wildman–Crippen MR) is 98.9 cm³/mol. The van der Waals surface area contributed by atoms with Gasteiger partial charge in [-0.25, -0.2) is 4.98 Å². The van der Waals surface area contributed by atoms with E-state index in [1.54, 1.807) is 23.9 Å². The van der Waals surface area contributed by atoms with Gasteiger partial charge in [0.15, 0.2) is 5.65 Å². The van der Waals surface area contributed by atoms with E-state index < -0.39 is 0 Å². The molecule has 3 aromatic heterocycles. The molecular formula is C18H22N6O2. The quantitative estimate of drug-likeness (QED) is 0.648. The molecule has 1 aliphatic rings. The zero-order valence-electron chi connectivity index (χ0n) is 14.6. The standard InChI is InChI=1S/C18H22N6O2/c1-26-17-11-13(9-10-19-17)21-18-22-16-4-2-3-15(24(16)23-18)20-12-5-7-14(25)8-6-12/h2-4,9-12,14,20,25H,5-8H2,1H3,(H,19,21,23). The van der Waals surface area contributed by atoms with Gasteiger partial charge in [-0.05, 0) is 43.9 Å². The second-order valence-corrected chi connectivity index (χ2v) is 6.48. The highest BCUT2D eigenvalue weighted by atomic mass is 16.5. The number of aromatic nitrogens is 4. The molecule has 8 heteroatoms. The van der Waals surface area contributed by atoms with Crippen LogP contribution < -0.4 is 15.4 Å². The number of hydrogen-bond donors (Lipinski definition) is 3. The number of anilines is 3. The van der Waals surface area contributed by atoms with E-state index in [0.717, 1.165) is 42.8 Å². The molecule has 1 fully saturated rings. The third-order valence-electron chi connectivity index (χ3n) is 4.61. The number of fused-ring (bicyclic) bond motifs is 1. The van der Waals surface area contributed by atoms with Gasteiger partial charge in [0.05, 0.1) is 13.2 Å². The van der Waals surface area contributed by atoms with Crippen molar-refractivity contribution in [2.45, 2.75) is 37.8 Å². The number of aliphatic hydroxyl groups is 1. The van der Waals surface area contributed by atoms with E-state index in [1.165, 1.54) is 0 Å². The lowest BCUT2D eigenvalue weighted by Gasteiger charge is -2.26. The Balaban J connectivity index is 1.55. The SMILES string of the molecule is COc1cc(Nc2nc3cccc(NC4CCC(O)CC4)n3n2)ccn1. The molecule has 0 atom stereocenters. The summed E-state index contributed by atoms with van der Waals surface area (Å²) in [4.78, 5) is 8.62. The molecule has 0 spiro atoms. The Morgan fingerprint density at radius 2 is 2.04 bits per heavy atom. The van der Waals surface area contributed by atoms with E-state index in [4.69, 9.17) is 4.74 Å². The summed E-state index contributed by atoms with van der Waals surface area (Å²) in [6.07, 6.45) is 5.08. The van der Waals surface area contributed by atoms with Crippen molar-refractivity contribution < 1.29 is 9.84 Å². The fraction of sp³-hybridized carbons (Fsp3) is 0.389. The average molecular weight is 354 g/mol. The molecule has 0 unspecified atom stereocenters. The summed E-state index contributed by atoms with van der Waals surface area (Å²) in [5.74, 6) is 1.93. The Morgan fingerprint density at radius 3 is 2.85 bits per heavy atom. The van der Waals surface area contributed by atoms with Gasteiger partial charge in [-0.2, -0.15) is 9.50 Å². The summed E-state index contributed by atoms with van der Waals surface area (Å²) >= 11 is 0. The first-order chi connectivity index (χ1) is 12.7. The first kappa shape index (κ1) is 16.6. The molecule has 0 amide bonds. The highest BCUT2D eigenvalue weighted by molar-refractivity contribution is 5.58. The number of methoxy groups -OCH3 is 1. The lowest BCUT2D eigenvalue weighted by molar-refractivity contribution is 0.126. The lowest BCUT2D eigenvalue weighted by Crippen LogP contribution is -2.29. The van der Waals surface area contributed by atoms with Crippen LogP contribution in [0.5, 0.6) is 5.88 Å². The van der Waals surface area contributed by atoms with Gasteiger partial charge in [-0.15, -0.1) is 5.10 Å². The Hall–Kier alpha value is -2.87. The fourth-order valence-electron chi connectivity index (χ4n) is 3.22. The molecule has 0 radical (unpaired) electrons. The monoisotopic (exact) mass is 354 g/mol. The zero-order chi connectivity index (χ0) is 17.9. The number of nitrogens with zero attached hydrogens (tertiary/aromatic N) is 4. The average Bonchev–Trinajstić information content (AvgIpc) is 3.07. The van der Waals surface area contributed by atoms with Gasteiger partial charge in [0.2, 0.25) is 11.8 Å². The van der Waals surface area contributed by atoms with Crippen LogP contribution in [0.25, 0.3) is 5.65 Å². The maximum absolute atomic E-state index is 9.67. The van der Waals surface area contributed by atoms with Gasteiger partial charge in [-0.1, -0.05) is 6.07 Å². The molecule has 0 saturated heterocycles. The van der Waals surface area contributed by atoms with Crippen molar-refractivity contribution >= 4 is 23.1 Å². The van der Waals surface area contributed by atoms with Gasteiger partial charge in [0, 0.05) is 24.0 Å². The molecule has 1 saturated carbocycles. The van der Waals surface area contributed by atoms with Crippen LogP contribution in [0.15, 0.2) is 36.5 Å². The molecular weight excluding hydrogens is 332 g/mol. The molecule has 0 aliphatic heterocycles. The van der Waals surface area contributed by atoms with Gasteiger partial charge >= 0.3 is 0 Å². The Kier molecular flexibility index (Phi) is 4.57. The summed E-state index contributed by atoms with van der Waals surface area (Å²) in [5.41, 5.74) is 1.57. The maximum atomic E-state index is 9.67. The number of hydrogen-bond acceptors (Lipinski definition) is 7.